The highest BCUT2D eigenvalue weighted by atomic mass is 32.2. The van der Waals surface area contributed by atoms with Crippen LogP contribution in [0.1, 0.15) is 11.1 Å². The SMILES string of the molecule is C=Cc1ccc(Nc2nc(Nc3ccc(C)c(S(N)(=O)=O)c3)ncc2F)cc1. The molecule has 0 fully saturated rings. The number of halogens is 1. The first-order chi connectivity index (χ1) is 13.3. The van der Waals surface area contributed by atoms with Crippen molar-refractivity contribution in [3.05, 3.63) is 72.2 Å². The Morgan fingerprint density at radius 1 is 1.11 bits per heavy atom. The number of aromatic nitrogens is 2. The highest BCUT2D eigenvalue weighted by Crippen LogP contribution is 2.23. The summed E-state index contributed by atoms with van der Waals surface area (Å²) in [5.41, 5.74) is 2.49. The first-order valence-electron chi connectivity index (χ1n) is 8.19. The lowest BCUT2D eigenvalue weighted by molar-refractivity contribution is 0.597. The molecule has 0 radical (unpaired) electrons. The van der Waals surface area contributed by atoms with Crippen LogP contribution in [-0.4, -0.2) is 18.4 Å². The number of anilines is 4. The van der Waals surface area contributed by atoms with Gasteiger partial charge in [-0.2, -0.15) is 4.98 Å². The number of rotatable bonds is 6. The number of nitrogens with zero attached hydrogens (tertiary/aromatic N) is 2. The number of sulfonamides is 1. The molecule has 0 aliphatic rings. The topological polar surface area (TPSA) is 110 Å². The van der Waals surface area contributed by atoms with Crippen LogP contribution in [-0.2, 0) is 10.0 Å². The van der Waals surface area contributed by atoms with Crippen molar-refractivity contribution >= 4 is 39.2 Å². The Kier molecular flexibility index (Phi) is 5.39. The van der Waals surface area contributed by atoms with Gasteiger partial charge in [0.25, 0.3) is 0 Å². The second-order valence-corrected chi connectivity index (χ2v) is 7.52. The summed E-state index contributed by atoms with van der Waals surface area (Å²) in [5.74, 6) is -0.564. The number of aryl methyl sites for hydroxylation is 1. The Hall–Kier alpha value is -3.30. The second-order valence-electron chi connectivity index (χ2n) is 5.99. The average Bonchev–Trinajstić information content (AvgIpc) is 2.65. The lowest BCUT2D eigenvalue weighted by atomic mass is 10.2. The summed E-state index contributed by atoms with van der Waals surface area (Å²) in [7, 11) is -3.87. The Morgan fingerprint density at radius 2 is 1.79 bits per heavy atom. The van der Waals surface area contributed by atoms with Gasteiger partial charge in [-0.1, -0.05) is 30.9 Å². The molecule has 28 heavy (non-hydrogen) atoms. The van der Waals surface area contributed by atoms with Crippen molar-refractivity contribution in [2.45, 2.75) is 11.8 Å². The third-order valence-electron chi connectivity index (χ3n) is 3.90. The zero-order valence-corrected chi connectivity index (χ0v) is 15.8. The molecule has 0 aliphatic carbocycles. The average molecular weight is 399 g/mol. The summed E-state index contributed by atoms with van der Waals surface area (Å²) in [6.07, 6.45) is 2.72. The van der Waals surface area contributed by atoms with Crippen LogP contribution in [0.25, 0.3) is 6.08 Å². The standard InChI is InChI=1S/C19H18FN5O2S/c1-3-13-5-8-14(9-6-13)23-18-16(20)11-22-19(25-18)24-15-7-4-12(2)17(10-15)28(21,26)27/h3-11H,1H2,2H3,(H2,21,26,27)(H2,22,23,24,25). The molecule has 2 aromatic carbocycles. The summed E-state index contributed by atoms with van der Waals surface area (Å²) in [4.78, 5) is 7.98. The highest BCUT2D eigenvalue weighted by Gasteiger charge is 2.13. The van der Waals surface area contributed by atoms with Crippen LogP contribution < -0.4 is 15.8 Å². The highest BCUT2D eigenvalue weighted by molar-refractivity contribution is 7.89. The van der Waals surface area contributed by atoms with Crippen molar-refractivity contribution in [1.82, 2.24) is 9.97 Å². The van der Waals surface area contributed by atoms with E-state index < -0.39 is 15.8 Å². The number of nitrogens with two attached hydrogens (primary N) is 1. The fourth-order valence-corrected chi connectivity index (χ4v) is 3.28. The van der Waals surface area contributed by atoms with Gasteiger partial charge in [0.2, 0.25) is 16.0 Å². The van der Waals surface area contributed by atoms with Crippen molar-refractivity contribution in [3.63, 3.8) is 0 Å². The Balaban J connectivity index is 1.86. The monoisotopic (exact) mass is 399 g/mol. The molecule has 1 aromatic heterocycles. The Labute approximate surface area is 162 Å². The molecule has 9 heteroatoms. The molecule has 0 amide bonds. The lowest BCUT2D eigenvalue weighted by Crippen LogP contribution is -2.14. The van der Waals surface area contributed by atoms with Crippen molar-refractivity contribution in [2.75, 3.05) is 10.6 Å². The minimum absolute atomic E-state index is 0.0136. The van der Waals surface area contributed by atoms with Crippen molar-refractivity contribution < 1.29 is 12.8 Å². The van der Waals surface area contributed by atoms with Crippen molar-refractivity contribution in [3.8, 4) is 0 Å². The molecule has 0 saturated carbocycles. The maximum Gasteiger partial charge on any atom is 0.238 e. The summed E-state index contributed by atoms with van der Waals surface area (Å²) in [5, 5.41) is 10.9. The molecule has 0 unspecified atom stereocenters. The van der Waals surface area contributed by atoms with Gasteiger partial charge in [-0.25, -0.2) is 22.9 Å². The van der Waals surface area contributed by atoms with Crippen LogP contribution in [0.2, 0.25) is 0 Å². The Bertz CT molecular complexity index is 1130. The zero-order valence-electron chi connectivity index (χ0n) is 15.0. The molecule has 4 N–H and O–H groups in total. The molecule has 0 aliphatic heterocycles. The van der Waals surface area contributed by atoms with Gasteiger partial charge in [0.1, 0.15) is 0 Å². The van der Waals surface area contributed by atoms with Gasteiger partial charge < -0.3 is 10.6 Å². The van der Waals surface area contributed by atoms with E-state index in [4.69, 9.17) is 5.14 Å². The molecule has 144 valence electrons. The second kappa shape index (κ2) is 7.75. The largest absolute Gasteiger partial charge is 0.338 e. The first-order valence-corrected chi connectivity index (χ1v) is 9.73. The minimum Gasteiger partial charge on any atom is -0.338 e. The predicted octanol–water partition coefficient (Wildman–Crippen LogP) is 3.70. The zero-order chi connectivity index (χ0) is 20.3. The molecular weight excluding hydrogens is 381 g/mol. The molecule has 0 bridgehead atoms. The summed E-state index contributed by atoms with van der Waals surface area (Å²) < 4.78 is 37.4. The number of hydrogen-bond donors (Lipinski definition) is 3. The van der Waals surface area contributed by atoms with E-state index in [-0.39, 0.29) is 16.7 Å². The predicted molar refractivity (Wildman–Crippen MR) is 108 cm³/mol. The third-order valence-corrected chi connectivity index (χ3v) is 4.96. The smallest absolute Gasteiger partial charge is 0.238 e. The summed E-state index contributed by atoms with van der Waals surface area (Å²) in [6, 6.07) is 11.8. The van der Waals surface area contributed by atoms with Crippen LogP contribution in [0.4, 0.5) is 27.5 Å². The summed E-state index contributed by atoms with van der Waals surface area (Å²) in [6.45, 7) is 5.32. The van der Waals surface area contributed by atoms with Crippen LogP contribution in [0.3, 0.4) is 0 Å². The third kappa shape index (κ3) is 4.51. The molecule has 0 saturated heterocycles. The molecule has 7 nitrogen and oxygen atoms in total. The quantitative estimate of drug-likeness (QED) is 0.583. The van der Waals surface area contributed by atoms with Crippen LogP contribution >= 0.6 is 0 Å². The molecule has 0 atom stereocenters. The lowest BCUT2D eigenvalue weighted by Gasteiger charge is -2.11. The van der Waals surface area contributed by atoms with Gasteiger partial charge in [0.05, 0.1) is 11.1 Å². The number of hydrogen-bond acceptors (Lipinski definition) is 6. The molecule has 3 rings (SSSR count). The minimum atomic E-state index is -3.87. The number of primary sulfonamides is 1. The van der Waals surface area contributed by atoms with E-state index in [0.717, 1.165) is 11.8 Å². The van der Waals surface area contributed by atoms with E-state index in [1.165, 1.54) is 6.07 Å². The van der Waals surface area contributed by atoms with E-state index in [0.29, 0.717) is 16.9 Å². The Morgan fingerprint density at radius 3 is 2.43 bits per heavy atom. The van der Waals surface area contributed by atoms with Crippen LogP contribution in [0.15, 0.2) is 60.1 Å². The van der Waals surface area contributed by atoms with Gasteiger partial charge in [0.15, 0.2) is 11.6 Å². The fraction of sp³-hybridized carbons (Fsp3) is 0.0526. The van der Waals surface area contributed by atoms with Gasteiger partial charge in [-0.3, -0.25) is 0 Å². The normalized spacial score (nSPS) is 11.1. The number of benzene rings is 2. The van der Waals surface area contributed by atoms with Crippen LogP contribution in [0, 0.1) is 12.7 Å². The molecule has 3 aromatic rings. The van der Waals surface area contributed by atoms with E-state index >= 15 is 0 Å². The van der Waals surface area contributed by atoms with Crippen molar-refractivity contribution in [1.29, 1.82) is 0 Å². The fourth-order valence-electron chi connectivity index (χ4n) is 2.47. The molecule has 1 heterocycles. The molecule has 0 spiro atoms. The van der Waals surface area contributed by atoms with Gasteiger partial charge in [-0.15, -0.1) is 0 Å². The van der Waals surface area contributed by atoms with Gasteiger partial charge in [-0.05, 0) is 42.3 Å². The van der Waals surface area contributed by atoms with E-state index in [9.17, 15) is 12.8 Å². The maximum atomic E-state index is 14.1. The van der Waals surface area contributed by atoms with Gasteiger partial charge in [0, 0.05) is 11.4 Å². The van der Waals surface area contributed by atoms with E-state index in [2.05, 4.69) is 27.2 Å². The summed E-state index contributed by atoms with van der Waals surface area (Å²) >= 11 is 0. The van der Waals surface area contributed by atoms with Gasteiger partial charge >= 0.3 is 0 Å². The van der Waals surface area contributed by atoms with E-state index in [1.807, 2.05) is 12.1 Å². The maximum absolute atomic E-state index is 14.1. The molecular formula is C19H18FN5O2S. The van der Waals surface area contributed by atoms with Crippen LogP contribution in [0.5, 0.6) is 0 Å². The van der Waals surface area contributed by atoms with E-state index in [1.54, 1.807) is 37.3 Å². The first kappa shape index (κ1) is 19.5. The number of nitrogens with one attached hydrogen (secondary N) is 2. The van der Waals surface area contributed by atoms with Crippen molar-refractivity contribution in [2.24, 2.45) is 5.14 Å².